The summed E-state index contributed by atoms with van der Waals surface area (Å²) in [5, 5.41) is 6.66. The zero-order valence-corrected chi connectivity index (χ0v) is 17.5. The van der Waals surface area contributed by atoms with Gasteiger partial charge < -0.3 is 25.1 Å². The Hall–Kier alpha value is -3.48. The van der Waals surface area contributed by atoms with Crippen molar-refractivity contribution >= 4 is 22.7 Å². The normalized spacial score (nSPS) is 10.6. The first-order chi connectivity index (χ1) is 14.6. The van der Waals surface area contributed by atoms with Crippen LogP contribution in [-0.2, 0) is 17.6 Å². The van der Waals surface area contributed by atoms with Gasteiger partial charge in [-0.25, -0.2) is 0 Å². The number of carbonyl (C=O) groups is 2. The van der Waals surface area contributed by atoms with Crippen molar-refractivity contribution in [3.63, 3.8) is 0 Å². The quantitative estimate of drug-likeness (QED) is 0.507. The van der Waals surface area contributed by atoms with Crippen molar-refractivity contribution in [3.8, 4) is 11.5 Å². The molecular weight excluding hydrogens is 382 g/mol. The van der Waals surface area contributed by atoms with E-state index in [1.807, 2.05) is 6.20 Å². The van der Waals surface area contributed by atoms with E-state index >= 15 is 0 Å². The zero-order chi connectivity index (χ0) is 21.5. The van der Waals surface area contributed by atoms with Crippen LogP contribution in [0.1, 0.15) is 28.4 Å². The van der Waals surface area contributed by atoms with Gasteiger partial charge in [-0.05, 0) is 42.2 Å². The number of hydrogen-bond acceptors (Lipinski definition) is 4. The highest BCUT2D eigenvalue weighted by Crippen LogP contribution is 2.27. The van der Waals surface area contributed by atoms with Gasteiger partial charge in [-0.3, -0.25) is 9.59 Å². The number of ether oxygens (including phenoxy) is 2. The number of H-pyrrole nitrogens is 1. The molecule has 7 heteroatoms. The first kappa shape index (κ1) is 21.2. The lowest BCUT2D eigenvalue weighted by molar-refractivity contribution is -0.120. The van der Waals surface area contributed by atoms with Gasteiger partial charge in [-0.15, -0.1) is 0 Å². The average Bonchev–Trinajstić information content (AvgIpc) is 3.20. The molecule has 2 amide bonds. The maximum atomic E-state index is 12.3. The highest BCUT2D eigenvalue weighted by atomic mass is 16.5. The summed E-state index contributed by atoms with van der Waals surface area (Å²) in [4.78, 5) is 27.7. The fourth-order valence-corrected chi connectivity index (χ4v) is 3.42. The molecule has 0 saturated carbocycles. The molecule has 158 valence electrons. The lowest BCUT2D eigenvalue weighted by atomic mass is 10.1. The van der Waals surface area contributed by atoms with Crippen LogP contribution in [0.5, 0.6) is 11.5 Å². The topological polar surface area (TPSA) is 92.5 Å². The summed E-state index contributed by atoms with van der Waals surface area (Å²) in [6.07, 6.45) is 3.67. The smallest absolute Gasteiger partial charge is 0.251 e. The summed E-state index contributed by atoms with van der Waals surface area (Å²) in [5.74, 6) is 0.405. The second-order valence-electron chi connectivity index (χ2n) is 6.86. The maximum Gasteiger partial charge on any atom is 0.251 e. The molecule has 3 rings (SSSR count). The van der Waals surface area contributed by atoms with E-state index in [9.17, 15) is 9.59 Å². The number of para-hydroxylation sites is 1. The van der Waals surface area contributed by atoms with Crippen molar-refractivity contribution in [1.82, 2.24) is 15.6 Å². The molecule has 0 aliphatic carbocycles. The molecule has 0 radical (unpaired) electrons. The molecule has 7 nitrogen and oxygen atoms in total. The van der Waals surface area contributed by atoms with E-state index in [1.165, 1.54) is 25.2 Å². The minimum Gasteiger partial charge on any atom is -0.493 e. The van der Waals surface area contributed by atoms with E-state index in [0.717, 1.165) is 17.5 Å². The Balaban J connectivity index is 1.49. The van der Waals surface area contributed by atoms with Gasteiger partial charge in [0.25, 0.3) is 5.91 Å². The fourth-order valence-electron chi connectivity index (χ4n) is 3.42. The van der Waals surface area contributed by atoms with Crippen molar-refractivity contribution < 1.29 is 19.1 Å². The van der Waals surface area contributed by atoms with Crippen LogP contribution in [0.25, 0.3) is 10.9 Å². The van der Waals surface area contributed by atoms with Gasteiger partial charge in [0, 0.05) is 29.2 Å². The second-order valence-corrected chi connectivity index (χ2v) is 6.86. The Morgan fingerprint density at radius 1 is 1.00 bits per heavy atom. The predicted octanol–water partition coefficient (Wildman–Crippen LogP) is 2.84. The maximum absolute atomic E-state index is 12.3. The largest absolute Gasteiger partial charge is 0.493 e. The van der Waals surface area contributed by atoms with Crippen LogP contribution in [-0.4, -0.2) is 44.1 Å². The molecule has 2 aromatic carbocycles. The predicted molar refractivity (Wildman–Crippen MR) is 116 cm³/mol. The number of hydrogen-bond donors (Lipinski definition) is 3. The van der Waals surface area contributed by atoms with Gasteiger partial charge in [-0.2, -0.15) is 0 Å². The number of rotatable bonds is 9. The Labute approximate surface area is 175 Å². The van der Waals surface area contributed by atoms with Crippen LogP contribution >= 0.6 is 0 Å². The Bertz CT molecular complexity index is 1040. The summed E-state index contributed by atoms with van der Waals surface area (Å²) in [6, 6.07) is 11.1. The van der Waals surface area contributed by atoms with Crippen molar-refractivity contribution in [2.24, 2.45) is 0 Å². The number of aromatic nitrogens is 1. The fraction of sp³-hybridized carbons (Fsp3) is 0.304. The lowest BCUT2D eigenvalue weighted by Crippen LogP contribution is -2.37. The molecule has 0 unspecified atom stereocenters. The van der Waals surface area contributed by atoms with Gasteiger partial charge in [0.15, 0.2) is 11.5 Å². The number of fused-ring (bicyclic) bond motifs is 1. The minimum absolute atomic E-state index is 0.0962. The van der Waals surface area contributed by atoms with Crippen molar-refractivity contribution in [1.29, 1.82) is 0 Å². The molecule has 30 heavy (non-hydrogen) atoms. The molecule has 0 aliphatic heterocycles. The molecule has 0 atom stereocenters. The zero-order valence-electron chi connectivity index (χ0n) is 17.5. The van der Waals surface area contributed by atoms with Crippen molar-refractivity contribution in [3.05, 3.63) is 59.3 Å². The minimum atomic E-state index is -0.352. The summed E-state index contributed by atoms with van der Waals surface area (Å²) < 4.78 is 10.4. The second kappa shape index (κ2) is 9.82. The molecule has 0 saturated heterocycles. The third kappa shape index (κ3) is 4.74. The molecule has 3 N–H and O–H groups in total. The van der Waals surface area contributed by atoms with E-state index < -0.39 is 0 Å². The number of aromatic amines is 1. The van der Waals surface area contributed by atoms with Crippen LogP contribution < -0.4 is 20.1 Å². The first-order valence-electron chi connectivity index (χ1n) is 9.92. The number of aryl methyl sites for hydroxylation is 1. The van der Waals surface area contributed by atoms with E-state index in [-0.39, 0.29) is 18.4 Å². The lowest BCUT2D eigenvalue weighted by Gasteiger charge is -2.10. The standard InChI is InChI=1S/C23H27N3O4/c1-4-15-6-5-7-18-17(13-25-22(15)18)10-11-24-21(27)14-26-23(28)16-8-9-19(29-2)20(12-16)30-3/h5-9,12-13,25H,4,10-11,14H2,1-3H3,(H,24,27)(H,26,28). The molecule has 0 fully saturated rings. The van der Waals surface area contributed by atoms with Gasteiger partial charge in [0.05, 0.1) is 20.8 Å². The van der Waals surface area contributed by atoms with E-state index in [0.29, 0.717) is 30.0 Å². The molecule has 0 bridgehead atoms. The highest BCUT2D eigenvalue weighted by Gasteiger charge is 2.12. The number of amides is 2. The van der Waals surface area contributed by atoms with Crippen LogP contribution in [0.4, 0.5) is 0 Å². The van der Waals surface area contributed by atoms with E-state index in [4.69, 9.17) is 9.47 Å². The number of carbonyl (C=O) groups excluding carboxylic acids is 2. The third-order valence-electron chi connectivity index (χ3n) is 5.04. The van der Waals surface area contributed by atoms with Gasteiger partial charge in [0.2, 0.25) is 5.91 Å². The van der Waals surface area contributed by atoms with Gasteiger partial charge >= 0.3 is 0 Å². The van der Waals surface area contributed by atoms with Crippen molar-refractivity contribution in [2.75, 3.05) is 27.3 Å². The number of methoxy groups -OCH3 is 2. The third-order valence-corrected chi connectivity index (χ3v) is 5.04. The van der Waals surface area contributed by atoms with E-state index in [1.54, 1.807) is 18.2 Å². The molecule has 1 aromatic heterocycles. The monoisotopic (exact) mass is 409 g/mol. The summed E-state index contributed by atoms with van der Waals surface area (Å²) >= 11 is 0. The van der Waals surface area contributed by atoms with Crippen molar-refractivity contribution in [2.45, 2.75) is 19.8 Å². The van der Waals surface area contributed by atoms with Crippen LogP contribution in [0.15, 0.2) is 42.6 Å². The highest BCUT2D eigenvalue weighted by molar-refractivity contribution is 5.97. The Morgan fingerprint density at radius 2 is 1.80 bits per heavy atom. The van der Waals surface area contributed by atoms with Crippen LogP contribution in [0.2, 0.25) is 0 Å². The molecular formula is C23H27N3O4. The average molecular weight is 409 g/mol. The summed E-state index contributed by atoms with van der Waals surface area (Å²) in [5.41, 5.74) is 3.99. The van der Waals surface area contributed by atoms with E-state index in [2.05, 4.69) is 40.7 Å². The Morgan fingerprint density at radius 3 is 2.53 bits per heavy atom. The van der Waals surface area contributed by atoms with Gasteiger partial charge in [-0.1, -0.05) is 25.1 Å². The number of benzene rings is 2. The SMILES string of the molecule is CCc1cccc2c(CCNC(=O)CNC(=O)c3ccc(OC)c(OC)c3)c[nH]c12. The Kier molecular flexibility index (Phi) is 6.95. The molecule has 1 heterocycles. The molecule has 0 spiro atoms. The first-order valence-corrected chi connectivity index (χ1v) is 9.92. The van der Waals surface area contributed by atoms with Crippen LogP contribution in [0.3, 0.4) is 0 Å². The summed E-state index contributed by atoms with van der Waals surface area (Å²) in [7, 11) is 3.03. The van der Waals surface area contributed by atoms with Gasteiger partial charge in [0.1, 0.15) is 0 Å². The molecule has 0 aliphatic rings. The summed E-state index contributed by atoms with van der Waals surface area (Å²) in [6.45, 7) is 2.53. The van der Waals surface area contributed by atoms with Crippen LogP contribution in [0, 0.1) is 0 Å². The number of nitrogens with one attached hydrogen (secondary N) is 3. The molecule has 3 aromatic rings.